The molecule has 0 unspecified atom stereocenters. The highest BCUT2D eigenvalue weighted by atomic mass is 32.1. The number of thiophene rings is 1. The average molecular weight is 367 g/mol. The molecule has 1 aliphatic heterocycles. The quantitative estimate of drug-likeness (QED) is 0.812. The summed E-state index contributed by atoms with van der Waals surface area (Å²) in [6, 6.07) is 3.85. The Kier molecular flexibility index (Phi) is 6.15. The first-order chi connectivity index (χ1) is 12.0. The molecule has 1 aromatic heterocycles. The number of likely N-dealkylation sites (tertiary alicyclic amines) is 1. The molecule has 1 aromatic rings. The van der Waals surface area contributed by atoms with Crippen LogP contribution in [0.2, 0.25) is 0 Å². The Hall–Kier alpha value is -0.950. The van der Waals surface area contributed by atoms with Crippen LogP contribution in [0.1, 0.15) is 49.9 Å². The minimum Gasteiger partial charge on any atom is -0.388 e. The molecule has 0 radical (unpaired) electrons. The molecule has 2 aliphatic rings. The van der Waals surface area contributed by atoms with Gasteiger partial charge in [-0.3, -0.25) is 9.69 Å². The van der Waals surface area contributed by atoms with Crippen LogP contribution in [0.15, 0.2) is 17.5 Å². The second-order valence-electron chi connectivity index (χ2n) is 7.69. The minimum absolute atomic E-state index is 0.0187. The number of nitrogens with zero attached hydrogens (tertiary/aromatic N) is 1. The zero-order chi connectivity index (χ0) is 17.9. The summed E-state index contributed by atoms with van der Waals surface area (Å²) in [7, 11) is 1.52. The molecule has 1 saturated heterocycles. The largest absolute Gasteiger partial charge is 0.388 e. The van der Waals surface area contributed by atoms with Crippen molar-refractivity contribution in [1.29, 1.82) is 0 Å². The van der Waals surface area contributed by atoms with Crippen molar-refractivity contribution in [3.05, 3.63) is 22.4 Å². The standard InChI is InChI=1S/C19H30N2O3S/c1-19(23)9-10-21(12-14-6-3-4-7-14)17(15-8-5-11-25-15)18(19)20-16(22)13-24-2/h5,8,11,14,17-18,23H,3-4,6-7,9-10,12-13H2,1-2H3,(H,20,22)/t17-,18-,19+/m0/s1. The number of methoxy groups -OCH3 is 1. The maximum absolute atomic E-state index is 12.2. The molecular weight excluding hydrogens is 336 g/mol. The average Bonchev–Trinajstić information content (AvgIpc) is 3.25. The fourth-order valence-corrected chi connectivity index (χ4v) is 5.23. The summed E-state index contributed by atoms with van der Waals surface area (Å²) in [6.45, 7) is 3.78. The molecule has 3 rings (SSSR count). The number of hydrogen-bond donors (Lipinski definition) is 2. The number of hydrogen-bond acceptors (Lipinski definition) is 5. The number of carbonyl (C=O) groups is 1. The van der Waals surface area contributed by atoms with Crippen molar-refractivity contribution < 1.29 is 14.6 Å². The van der Waals surface area contributed by atoms with Crippen LogP contribution in [0.25, 0.3) is 0 Å². The van der Waals surface area contributed by atoms with E-state index in [1.165, 1.54) is 37.7 Å². The van der Waals surface area contributed by atoms with Crippen molar-refractivity contribution in [2.45, 2.75) is 56.7 Å². The zero-order valence-electron chi connectivity index (χ0n) is 15.2. The Morgan fingerprint density at radius 2 is 2.24 bits per heavy atom. The Morgan fingerprint density at radius 1 is 1.48 bits per heavy atom. The predicted octanol–water partition coefficient (Wildman–Crippen LogP) is 2.57. The molecule has 1 aliphatic carbocycles. The van der Waals surface area contributed by atoms with Gasteiger partial charge in [0.25, 0.3) is 0 Å². The van der Waals surface area contributed by atoms with Crippen LogP contribution in [0.4, 0.5) is 0 Å². The molecule has 2 N–H and O–H groups in total. The molecule has 0 aromatic carbocycles. The second-order valence-corrected chi connectivity index (χ2v) is 8.67. The zero-order valence-corrected chi connectivity index (χ0v) is 16.1. The van der Waals surface area contributed by atoms with Gasteiger partial charge in [-0.25, -0.2) is 0 Å². The topological polar surface area (TPSA) is 61.8 Å². The molecule has 0 bridgehead atoms. The highest BCUT2D eigenvalue weighted by molar-refractivity contribution is 7.10. The number of ether oxygens (including phenoxy) is 1. The van der Waals surface area contributed by atoms with Gasteiger partial charge in [0, 0.05) is 25.1 Å². The minimum atomic E-state index is -0.926. The lowest BCUT2D eigenvalue weighted by atomic mass is 9.81. The van der Waals surface area contributed by atoms with Gasteiger partial charge in [0.15, 0.2) is 0 Å². The van der Waals surface area contributed by atoms with Crippen LogP contribution in [0.5, 0.6) is 0 Å². The Morgan fingerprint density at radius 3 is 2.88 bits per heavy atom. The van der Waals surface area contributed by atoms with Gasteiger partial charge in [-0.05, 0) is 43.6 Å². The number of amides is 1. The van der Waals surface area contributed by atoms with Gasteiger partial charge in [0.2, 0.25) is 5.91 Å². The molecule has 140 valence electrons. The molecule has 3 atom stereocenters. The molecule has 0 spiro atoms. The summed E-state index contributed by atoms with van der Waals surface area (Å²) in [5.74, 6) is 0.567. The van der Waals surface area contributed by atoms with Crippen LogP contribution in [-0.4, -0.2) is 54.4 Å². The van der Waals surface area contributed by atoms with E-state index in [9.17, 15) is 9.90 Å². The Labute approximate surface area is 154 Å². The van der Waals surface area contributed by atoms with Crippen LogP contribution in [0.3, 0.4) is 0 Å². The molecule has 1 amide bonds. The number of aliphatic hydroxyl groups is 1. The summed E-state index contributed by atoms with van der Waals surface area (Å²) < 4.78 is 4.97. The van der Waals surface area contributed by atoms with Gasteiger partial charge >= 0.3 is 0 Å². The maximum Gasteiger partial charge on any atom is 0.246 e. The van der Waals surface area contributed by atoms with Crippen molar-refractivity contribution in [2.24, 2.45) is 5.92 Å². The summed E-state index contributed by atoms with van der Waals surface area (Å²) in [5, 5.41) is 16.1. The number of nitrogens with one attached hydrogen (secondary N) is 1. The Bertz CT molecular complexity index is 555. The normalized spacial score (nSPS) is 31.3. The predicted molar refractivity (Wildman–Crippen MR) is 99.6 cm³/mol. The van der Waals surface area contributed by atoms with Gasteiger partial charge in [-0.1, -0.05) is 18.9 Å². The first-order valence-electron chi connectivity index (χ1n) is 9.29. The molecule has 5 nitrogen and oxygen atoms in total. The molecular formula is C19H30N2O3S. The van der Waals surface area contributed by atoms with E-state index < -0.39 is 5.60 Å². The van der Waals surface area contributed by atoms with Gasteiger partial charge in [-0.2, -0.15) is 0 Å². The van der Waals surface area contributed by atoms with Crippen LogP contribution in [0, 0.1) is 5.92 Å². The third-order valence-corrected chi connectivity index (χ3v) is 6.62. The first kappa shape index (κ1) is 18.8. The van der Waals surface area contributed by atoms with Gasteiger partial charge < -0.3 is 15.2 Å². The van der Waals surface area contributed by atoms with E-state index in [2.05, 4.69) is 21.7 Å². The van der Waals surface area contributed by atoms with E-state index in [4.69, 9.17) is 4.74 Å². The number of carbonyl (C=O) groups excluding carboxylic acids is 1. The SMILES string of the molecule is COCC(=O)N[C@H]1[C@H](c2cccs2)N(CC2CCCC2)CC[C@@]1(C)O. The monoisotopic (exact) mass is 366 g/mol. The summed E-state index contributed by atoms with van der Waals surface area (Å²) >= 11 is 1.70. The first-order valence-corrected chi connectivity index (χ1v) is 10.2. The highest BCUT2D eigenvalue weighted by Gasteiger charge is 2.46. The highest BCUT2D eigenvalue weighted by Crippen LogP contribution is 2.40. The van der Waals surface area contributed by atoms with E-state index in [1.807, 2.05) is 13.0 Å². The van der Waals surface area contributed by atoms with E-state index in [-0.39, 0.29) is 24.6 Å². The lowest BCUT2D eigenvalue weighted by Gasteiger charge is -2.49. The molecule has 1 saturated carbocycles. The molecule has 6 heteroatoms. The van der Waals surface area contributed by atoms with Crippen molar-refractivity contribution in [3.8, 4) is 0 Å². The fourth-order valence-electron chi connectivity index (χ4n) is 4.33. The maximum atomic E-state index is 12.2. The van der Waals surface area contributed by atoms with E-state index in [1.54, 1.807) is 11.3 Å². The Balaban J connectivity index is 1.84. The molecule has 2 heterocycles. The van der Waals surface area contributed by atoms with Crippen LogP contribution < -0.4 is 5.32 Å². The second kappa shape index (κ2) is 8.16. The van der Waals surface area contributed by atoms with Crippen molar-refractivity contribution in [3.63, 3.8) is 0 Å². The van der Waals surface area contributed by atoms with Crippen LogP contribution in [-0.2, 0) is 9.53 Å². The molecule has 25 heavy (non-hydrogen) atoms. The van der Waals surface area contributed by atoms with Crippen molar-refractivity contribution in [2.75, 3.05) is 26.8 Å². The van der Waals surface area contributed by atoms with Gasteiger partial charge in [-0.15, -0.1) is 11.3 Å². The smallest absolute Gasteiger partial charge is 0.246 e. The fraction of sp³-hybridized carbons (Fsp3) is 0.737. The van der Waals surface area contributed by atoms with E-state index in [0.29, 0.717) is 6.42 Å². The van der Waals surface area contributed by atoms with Gasteiger partial charge in [0.1, 0.15) is 6.61 Å². The van der Waals surface area contributed by atoms with E-state index in [0.717, 1.165) is 19.0 Å². The lowest BCUT2D eigenvalue weighted by molar-refractivity contribution is -0.132. The van der Waals surface area contributed by atoms with Crippen LogP contribution >= 0.6 is 11.3 Å². The number of rotatable bonds is 6. The third-order valence-electron chi connectivity index (χ3n) is 5.68. The summed E-state index contributed by atoms with van der Waals surface area (Å²) in [6.07, 6.45) is 5.91. The van der Waals surface area contributed by atoms with E-state index >= 15 is 0 Å². The van der Waals surface area contributed by atoms with Crippen molar-refractivity contribution >= 4 is 17.2 Å². The van der Waals surface area contributed by atoms with Gasteiger partial charge in [0.05, 0.1) is 17.7 Å². The summed E-state index contributed by atoms with van der Waals surface area (Å²) in [4.78, 5) is 15.9. The number of piperidine rings is 1. The third kappa shape index (κ3) is 4.42. The van der Waals surface area contributed by atoms with Crippen molar-refractivity contribution in [1.82, 2.24) is 10.2 Å². The lowest BCUT2D eigenvalue weighted by Crippen LogP contribution is -2.63. The molecule has 2 fully saturated rings. The summed E-state index contributed by atoms with van der Waals surface area (Å²) in [5.41, 5.74) is -0.926.